The number of hydrogen-bond donors (Lipinski definition) is 2. The molecule has 2 N–H and O–H groups in total. The number of aliphatic imine (C=N–C) groups is 1. The lowest BCUT2D eigenvalue weighted by molar-refractivity contribution is 0.140. The fourth-order valence-electron chi connectivity index (χ4n) is 2.97. The van der Waals surface area contributed by atoms with Gasteiger partial charge in [0.15, 0.2) is 5.96 Å². The molecule has 0 radical (unpaired) electrons. The number of nitrogens with one attached hydrogen (secondary N) is 2. The second-order valence-electron chi connectivity index (χ2n) is 7.02. The number of piperazine rings is 1. The normalized spacial score (nSPS) is 17.2. The van der Waals surface area contributed by atoms with Crippen molar-refractivity contribution in [3.8, 4) is 0 Å². The quantitative estimate of drug-likeness (QED) is 0.178. The van der Waals surface area contributed by atoms with Gasteiger partial charge in [-0.2, -0.15) is 0 Å². The number of guanidine groups is 1. The monoisotopic (exact) mass is 505 g/mol. The van der Waals surface area contributed by atoms with E-state index < -0.39 is 0 Å². The minimum atomic E-state index is 0. The molecule has 5 nitrogen and oxygen atoms in total. The summed E-state index contributed by atoms with van der Waals surface area (Å²) in [4.78, 5) is 11.1. The summed E-state index contributed by atoms with van der Waals surface area (Å²) >= 11 is 1.87. The average Bonchev–Trinajstić information content (AvgIpc) is 2.66. The zero-order chi connectivity index (χ0) is 18.6. The Morgan fingerprint density at radius 2 is 1.85 bits per heavy atom. The minimum absolute atomic E-state index is 0. The van der Waals surface area contributed by atoms with E-state index in [0.29, 0.717) is 5.92 Å². The molecule has 0 amide bonds. The molecule has 0 spiro atoms. The Hall–Kier alpha value is -0.510. The molecule has 0 aromatic heterocycles. The summed E-state index contributed by atoms with van der Waals surface area (Å²) in [5.41, 5.74) is 0. The van der Waals surface area contributed by atoms with Crippen LogP contribution in [0.5, 0.6) is 0 Å². The van der Waals surface area contributed by atoms with Crippen LogP contribution in [-0.4, -0.2) is 80.9 Å². The molecule has 1 atom stereocenters. The molecule has 1 fully saturated rings. The van der Waals surface area contributed by atoms with Crippen LogP contribution in [0.2, 0.25) is 0 Å². The molecule has 27 heavy (non-hydrogen) atoms. The van der Waals surface area contributed by atoms with Gasteiger partial charge in [-0.15, -0.1) is 35.7 Å². The van der Waals surface area contributed by atoms with Crippen LogP contribution in [0.4, 0.5) is 0 Å². The standard InChI is InChI=1S/C20H35N5S.HI/c1-4-21-20(22-10-15-26-19-8-6-5-7-9-19)23-16-18(2)17-25-13-11-24(3)12-14-25;/h5-9,18H,4,10-17H2,1-3H3,(H2,21,22,23);1H. The zero-order valence-electron chi connectivity index (χ0n) is 17.0. The lowest BCUT2D eigenvalue weighted by Gasteiger charge is -2.33. The molecule has 1 aromatic carbocycles. The first-order valence-electron chi connectivity index (χ1n) is 9.78. The van der Waals surface area contributed by atoms with Gasteiger partial charge in [0, 0.05) is 63.0 Å². The van der Waals surface area contributed by atoms with E-state index in [1.807, 2.05) is 11.8 Å². The van der Waals surface area contributed by atoms with Gasteiger partial charge in [-0.3, -0.25) is 4.99 Å². The van der Waals surface area contributed by atoms with Crippen LogP contribution in [-0.2, 0) is 0 Å². The Kier molecular flexibility index (Phi) is 13.2. The van der Waals surface area contributed by atoms with E-state index in [-0.39, 0.29) is 24.0 Å². The Labute approximate surface area is 186 Å². The van der Waals surface area contributed by atoms with Crippen molar-refractivity contribution in [1.82, 2.24) is 20.4 Å². The maximum absolute atomic E-state index is 4.79. The fraction of sp³-hybridized carbons (Fsp3) is 0.650. The van der Waals surface area contributed by atoms with Gasteiger partial charge < -0.3 is 20.4 Å². The molecule has 1 saturated heterocycles. The summed E-state index contributed by atoms with van der Waals surface area (Å²) in [6.45, 7) is 13.0. The van der Waals surface area contributed by atoms with Crippen LogP contribution in [0.1, 0.15) is 13.8 Å². The number of halogens is 1. The lowest BCUT2D eigenvalue weighted by Crippen LogP contribution is -2.46. The molecule has 1 aromatic rings. The highest BCUT2D eigenvalue weighted by Crippen LogP contribution is 2.15. The highest BCUT2D eigenvalue weighted by molar-refractivity contribution is 14.0. The third kappa shape index (κ3) is 10.6. The van der Waals surface area contributed by atoms with Gasteiger partial charge in [0.2, 0.25) is 0 Å². The number of benzene rings is 1. The van der Waals surface area contributed by atoms with Gasteiger partial charge in [0.25, 0.3) is 0 Å². The number of nitrogens with zero attached hydrogens (tertiary/aromatic N) is 3. The van der Waals surface area contributed by atoms with Crippen LogP contribution >= 0.6 is 35.7 Å². The van der Waals surface area contributed by atoms with Crippen molar-refractivity contribution in [3.05, 3.63) is 30.3 Å². The summed E-state index contributed by atoms with van der Waals surface area (Å²) in [6, 6.07) is 10.5. The van der Waals surface area contributed by atoms with E-state index >= 15 is 0 Å². The minimum Gasteiger partial charge on any atom is -0.357 e. The molecule has 154 valence electrons. The van der Waals surface area contributed by atoms with Crippen LogP contribution in [0.25, 0.3) is 0 Å². The first kappa shape index (κ1) is 24.5. The van der Waals surface area contributed by atoms with Crippen molar-refractivity contribution >= 4 is 41.7 Å². The second kappa shape index (κ2) is 14.5. The second-order valence-corrected chi connectivity index (χ2v) is 8.19. The molecule has 1 aliphatic rings. The SMILES string of the molecule is CCNC(=NCC(C)CN1CCN(C)CC1)NCCSc1ccccc1.I. The Balaban J connectivity index is 0.00000364. The zero-order valence-corrected chi connectivity index (χ0v) is 20.1. The Morgan fingerprint density at radius 1 is 1.15 bits per heavy atom. The summed E-state index contributed by atoms with van der Waals surface area (Å²) < 4.78 is 0. The first-order chi connectivity index (χ1) is 12.7. The van der Waals surface area contributed by atoms with Crippen molar-refractivity contribution in [2.45, 2.75) is 18.7 Å². The largest absolute Gasteiger partial charge is 0.357 e. The van der Waals surface area contributed by atoms with Gasteiger partial charge in [0.05, 0.1) is 0 Å². The first-order valence-corrected chi connectivity index (χ1v) is 10.8. The number of thioether (sulfide) groups is 1. The summed E-state index contributed by atoms with van der Waals surface area (Å²) in [5.74, 6) is 2.55. The molecule has 0 aliphatic carbocycles. The van der Waals surface area contributed by atoms with Crippen LogP contribution in [0, 0.1) is 5.92 Å². The van der Waals surface area contributed by atoms with Crippen molar-refractivity contribution < 1.29 is 0 Å². The molecule has 0 bridgehead atoms. The topological polar surface area (TPSA) is 42.9 Å². The Morgan fingerprint density at radius 3 is 2.52 bits per heavy atom. The lowest BCUT2D eigenvalue weighted by atomic mass is 10.1. The number of rotatable bonds is 9. The predicted octanol–water partition coefficient (Wildman–Crippen LogP) is 2.84. The van der Waals surface area contributed by atoms with Crippen molar-refractivity contribution in [3.63, 3.8) is 0 Å². The van der Waals surface area contributed by atoms with Crippen LogP contribution < -0.4 is 10.6 Å². The van der Waals surface area contributed by atoms with Gasteiger partial charge in [-0.05, 0) is 32.0 Å². The molecule has 1 aliphatic heterocycles. The van der Waals surface area contributed by atoms with E-state index in [4.69, 9.17) is 4.99 Å². The fourth-order valence-corrected chi connectivity index (χ4v) is 3.76. The third-order valence-corrected chi connectivity index (χ3v) is 5.49. The van der Waals surface area contributed by atoms with E-state index in [1.165, 1.54) is 31.1 Å². The molecule has 0 saturated carbocycles. The average molecular weight is 506 g/mol. The molecular formula is C20H36IN5S. The molecule has 7 heteroatoms. The summed E-state index contributed by atoms with van der Waals surface area (Å²) in [7, 11) is 2.20. The molecule has 1 unspecified atom stereocenters. The van der Waals surface area contributed by atoms with Crippen molar-refractivity contribution in [2.75, 3.05) is 65.2 Å². The maximum atomic E-state index is 4.79. The molecule has 2 rings (SSSR count). The smallest absolute Gasteiger partial charge is 0.191 e. The number of hydrogen-bond acceptors (Lipinski definition) is 4. The summed E-state index contributed by atoms with van der Waals surface area (Å²) in [6.07, 6.45) is 0. The van der Waals surface area contributed by atoms with Gasteiger partial charge >= 0.3 is 0 Å². The van der Waals surface area contributed by atoms with Crippen molar-refractivity contribution in [1.29, 1.82) is 0 Å². The van der Waals surface area contributed by atoms with E-state index in [9.17, 15) is 0 Å². The van der Waals surface area contributed by atoms with E-state index in [0.717, 1.165) is 37.9 Å². The van der Waals surface area contributed by atoms with Crippen LogP contribution in [0.15, 0.2) is 40.2 Å². The van der Waals surface area contributed by atoms with Gasteiger partial charge in [-0.25, -0.2) is 0 Å². The van der Waals surface area contributed by atoms with Crippen LogP contribution in [0.3, 0.4) is 0 Å². The van der Waals surface area contributed by atoms with E-state index in [2.05, 4.69) is 71.7 Å². The van der Waals surface area contributed by atoms with Gasteiger partial charge in [0.1, 0.15) is 0 Å². The Bertz CT molecular complexity index is 520. The predicted molar refractivity (Wildman–Crippen MR) is 130 cm³/mol. The van der Waals surface area contributed by atoms with Crippen molar-refractivity contribution in [2.24, 2.45) is 10.9 Å². The molecular weight excluding hydrogens is 469 g/mol. The maximum Gasteiger partial charge on any atom is 0.191 e. The highest BCUT2D eigenvalue weighted by Gasteiger charge is 2.15. The molecule has 1 heterocycles. The van der Waals surface area contributed by atoms with E-state index in [1.54, 1.807) is 0 Å². The van der Waals surface area contributed by atoms with Gasteiger partial charge in [-0.1, -0.05) is 25.1 Å². The summed E-state index contributed by atoms with van der Waals surface area (Å²) in [5, 5.41) is 6.81. The highest BCUT2D eigenvalue weighted by atomic mass is 127. The third-order valence-electron chi connectivity index (χ3n) is 4.48. The number of likely N-dealkylation sites (N-methyl/N-ethyl adjacent to an activating group) is 1.